The maximum atomic E-state index is 12.2. The molecule has 0 aliphatic carbocycles. The van der Waals surface area contributed by atoms with Crippen molar-refractivity contribution in [3.05, 3.63) is 68.7 Å². The lowest BCUT2D eigenvalue weighted by atomic mass is 10.0. The van der Waals surface area contributed by atoms with Crippen LogP contribution in [0.5, 0.6) is 0 Å². The Morgan fingerprint density at radius 1 is 1.11 bits per heavy atom. The first-order chi connectivity index (χ1) is 8.61. The van der Waals surface area contributed by atoms with Crippen LogP contribution in [0.2, 0.25) is 5.02 Å². The van der Waals surface area contributed by atoms with Crippen LogP contribution >= 0.6 is 27.5 Å². The highest BCUT2D eigenvalue weighted by Gasteiger charge is 2.10. The summed E-state index contributed by atoms with van der Waals surface area (Å²) >= 11 is 9.30. The number of benzene rings is 2. The van der Waals surface area contributed by atoms with Crippen LogP contribution in [0, 0.1) is 0 Å². The molecule has 0 saturated carbocycles. The van der Waals surface area contributed by atoms with E-state index in [-0.39, 0.29) is 5.78 Å². The molecular formula is C15H12BrClO. The van der Waals surface area contributed by atoms with E-state index < -0.39 is 0 Å². The van der Waals surface area contributed by atoms with Crippen LogP contribution in [-0.2, 0) is 6.42 Å². The fourth-order valence-corrected chi connectivity index (χ4v) is 2.12. The molecule has 0 radical (unpaired) electrons. The van der Waals surface area contributed by atoms with Crippen LogP contribution in [0.1, 0.15) is 28.4 Å². The average Bonchev–Trinajstić information content (AvgIpc) is 2.41. The van der Waals surface area contributed by atoms with Crippen LogP contribution in [0.4, 0.5) is 0 Å². The minimum atomic E-state index is -0.00736. The molecule has 2 aromatic rings. The molecule has 18 heavy (non-hydrogen) atoms. The van der Waals surface area contributed by atoms with Crippen molar-refractivity contribution in [3.63, 3.8) is 0 Å². The summed E-state index contributed by atoms with van der Waals surface area (Å²) in [6.07, 6.45) is 0.971. The lowest BCUT2D eigenvalue weighted by molar-refractivity contribution is 0.103. The average molecular weight is 324 g/mol. The highest BCUT2D eigenvalue weighted by atomic mass is 79.9. The van der Waals surface area contributed by atoms with Gasteiger partial charge < -0.3 is 0 Å². The number of aryl methyl sites for hydroxylation is 1. The molecule has 0 bridgehead atoms. The van der Waals surface area contributed by atoms with E-state index in [0.29, 0.717) is 16.1 Å². The number of hydrogen-bond donors (Lipinski definition) is 0. The Kier molecular flexibility index (Phi) is 4.20. The fourth-order valence-electron chi connectivity index (χ4n) is 1.70. The highest BCUT2D eigenvalue weighted by Crippen LogP contribution is 2.24. The third-order valence-corrected chi connectivity index (χ3v) is 4.04. The number of hydrogen-bond acceptors (Lipinski definition) is 1. The van der Waals surface area contributed by atoms with Crippen LogP contribution in [0.25, 0.3) is 0 Å². The van der Waals surface area contributed by atoms with Gasteiger partial charge in [0.15, 0.2) is 5.78 Å². The summed E-state index contributed by atoms with van der Waals surface area (Å²) in [5.74, 6) is -0.00736. The second-order valence-corrected chi connectivity index (χ2v) is 5.27. The summed E-state index contributed by atoms with van der Waals surface area (Å²) in [4.78, 5) is 12.2. The second-order valence-electron chi connectivity index (χ2n) is 4.01. The van der Waals surface area contributed by atoms with Crippen LogP contribution in [0.15, 0.2) is 46.9 Å². The fraction of sp³-hybridized carbons (Fsp3) is 0.133. The first-order valence-electron chi connectivity index (χ1n) is 5.70. The molecule has 0 aliphatic heterocycles. The number of ketones is 1. The Morgan fingerprint density at radius 2 is 1.72 bits per heavy atom. The SMILES string of the molecule is CCc1ccc(C(=O)c2ccc(Br)c(Cl)c2)cc1. The van der Waals surface area contributed by atoms with E-state index >= 15 is 0 Å². The van der Waals surface area contributed by atoms with E-state index in [4.69, 9.17) is 11.6 Å². The number of carbonyl (C=O) groups excluding carboxylic acids is 1. The van der Waals surface area contributed by atoms with Crippen molar-refractivity contribution in [3.8, 4) is 0 Å². The smallest absolute Gasteiger partial charge is 0.193 e. The van der Waals surface area contributed by atoms with Gasteiger partial charge in [-0.25, -0.2) is 0 Å². The van der Waals surface area contributed by atoms with Crippen molar-refractivity contribution in [1.82, 2.24) is 0 Å². The normalized spacial score (nSPS) is 10.4. The highest BCUT2D eigenvalue weighted by molar-refractivity contribution is 9.10. The van der Waals surface area contributed by atoms with Gasteiger partial charge >= 0.3 is 0 Å². The van der Waals surface area contributed by atoms with Gasteiger partial charge in [0, 0.05) is 15.6 Å². The third kappa shape index (κ3) is 2.82. The largest absolute Gasteiger partial charge is 0.289 e. The zero-order valence-corrected chi connectivity index (χ0v) is 12.3. The molecule has 0 N–H and O–H groups in total. The summed E-state index contributed by atoms with van der Waals surface area (Å²) in [7, 11) is 0. The van der Waals surface area contributed by atoms with E-state index in [0.717, 1.165) is 10.9 Å². The van der Waals surface area contributed by atoms with E-state index in [9.17, 15) is 4.79 Å². The molecule has 1 nitrogen and oxygen atoms in total. The molecule has 0 spiro atoms. The van der Waals surface area contributed by atoms with E-state index in [1.165, 1.54) is 5.56 Å². The predicted octanol–water partition coefficient (Wildman–Crippen LogP) is 4.90. The molecular weight excluding hydrogens is 312 g/mol. The lowest BCUT2D eigenvalue weighted by Crippen LogP contribution is -2.01. The van der Waals surface area contributed by atoms with Gasteiger partial charge in [0.1, 0.15) is 0 Å². The molecule has 0 amide bonds. The molecule has 2 rings (SSSR count). The number of halogens is 2. The van der Waals surface area contributed by atoms with Gasteiger partial charge in [0.05, 0.1) is 5.02 Å². The van der Waals surface area contributed by atoms with Crippen molar-refractivity contribution in [1.29, 1.82) is 0 Å². The molecule has 0 fully saturated rings. The molecule has 0 saturated heterocycles. The van der Waals surface area contributed by atoms with Crippen LogP contribution in [-0.4, -0.2) is 5.78 Å². The van der Waals surface area contributed by atoms with Crippen molar-refractivity contribution in [2.45, 2.75) is 13.3 Å². The van der Waals surface area contributed by atoms with Crippen molar-refractivity contribution in [2.24, 2.45) is 0 Å². The van der Waals surface area contributed by atoms with Gasteiger partial charge in [0.25, 0.3) is 0 Å². The summed E-state index contributed by atoms with van der Waals surface area (Å²) in [6, 6.07) is 12.9. The minimum absolute atomic E-state index is 0.00736. The summed E-state index contributed by atoms with van der Waals surface area (Å²) in [5, 5.41) is 0.547. The zero-order valence-electron chi connectivity index (χ0n) is 9.91. The standard InChI is InChI=1S/C15H12BrClO/c1-2-10-3-5-11(6-4-10)15(18)12-7-8-13(16)14(17)9-12/h3-9H,2H2,1H3. The van der Waals surface area contributed by atoms with Crippen molar-refractivity contribution < 1.29 is 4.79 Å². The Bertz CT molecular complexity index is 576. The van der Waals surface area contributed by atoms with E-state index in [1.807, 2.05) is 24.3 Å². The Balaban J connectivity index is 2.32. The predicted molar refractivity (Wildman–Crippen MR) is 78.4 cm³/mol. The molecule has 0 aliphatic rings. The zero-order chi connectivity index (χ0) is 13.1. The number of rotatable bonds is 3. The first-order valence-corrected chi connectivity index (χ1v) is 6.87. The lowest BCUT2D eigenvalue weighted by Gasteiger charge is -2.04. The molecule has 92 valence electrons. The maximum absolute atomic E-state index is 12.2. The molecule has 0 unspecified atom stereocenters. The quantitative estimate of drug-likeness (QED) is 0.735. The van der Waals surface area contributed by atoms with Gasteiger partial charge in [-0.05, 0) is 46.1 Å². The molecule has 0 heterocycles. The van der Waals surface area contributed by atoms with Gasteiger partial charge in [0.2, 0.25) is 0 Å². The van der Waals surface area contributed by atoms with Gasteiger partial charge in [-0.1, -0.05) is 42.8 Å². The van der Waals surface area contributed by atoms with E-state index in [1.54, 1.807) is 18.2 Å². The molecule has 2 aromatic carbocycles. The van der Waals surface area contributed by atoms with E-state index in [2.05, 4.69) is 22.9 Å². The number of carbonyl (C=O) groups is 1. The third-order valence-electron chi connectivity index (χ3n) is 2.81. The Morgan fingerprint density at radius 3 is 2.28 bits per heavy atom. The molecule has 0 atom stereocenters. The Hall–Kier alpha value is -1.12. The van der Waals surface area contributed by atoms with Gasteiger partial charge in [-0.2, -0.15) is 0 Å². The topological polar surface area (TPSA) is 17.1 Å². The van der Waals surface area contributed by atoms with Crippen molar-refractivity contribution in [2.75, 3.05) is 0 Å². The first kappa shape index (κ1) is 13.3. The summed E-state index contributed by atoms with van der Waals surface area (Å²) in [5.41, 5.74) is 2.51. The monoisotopic (exact) mass is 322 g/mol. The minimum Gasteiger partial charge on any atom is -0.289 e. The Labute approximate surface area is 120 Å². The van der Waals surface area contributed by atoms with Gasteiger partial charge in [-0.15, -0.1) is 0 Å². The molecule has 0 aromatic heterocycles. The van der Waals surface area contributed by atoms with Crippen LogP contribution < -0.4 is 0 Å². The second kappa shape index (κ2) is 5.68. The summed E-state index contributed by atoms with van der Waals surface area (Å²) < 4.78 is 0.794. The van der Waals surface area contributed by atoms with Crippen LogP contribution in [0.3, 0.4) is 0 Å². The molecule has 3 heteroatoms. The summed E-state index contributed by atoms with van der Waals surface area (Å²) in [6.45, 7) is 2.09. The van der Waals surface area contributed by atoms with Gasteiger partial charge in [-0.3, -0.25) is 4.79 Å². The maximum Gasteiger partial charge on any atom is 0.193 e. The van der Waals surface area contributed by atoms with Crippen molar-refractivity contribution >= 4 is 33.3 Å².